The van der Waals surface area contributed by atoms with Crippen molar-refractivity contribution in [2.24, 2.45) is 0 Å². The maximum absolute atomic E-state index is 12.9. The average Bonchev–Trinajstić information content (AvgIpc) is 2.91. The number of carbonyl (C=O) groups is 1. The van der Waals surface area contributed by atoms with E-state index in [4.69, 9.17) is 11.6 Å². The van der Waals surface area contributed by atoms with E-state index in [-0.39, 0.29) is 35.8 Å². The molecule has 1 saturated heterocycles. The van der Waals surface area contributed by atoms with Crippen molar-refractivity contribution in [1.29, 1.82) is 0 Å². The molecule has 2 aromatic rings. The highest BCUT2D eigenvalue weighted by Crippen LogP contribution is 2.22. The zero-order valence-corrected chi connectivity index (χ0v) is 18.0. The molecule has 0 bridgehead atoms. The lowest BCUT2D eigenvalue weighted by Gasteiger charge is -2.23. The number of halogens is 4. The van der Waals surface area contributed by atoms with Crippen molar-refractivity contribution >= 4 is 33.2 Å². The van der Waals surface area contributed by atoms with E-state index < -0.39 is 28.7 Å². The molecule has 168 valence electrons. The van der Waals surface area contributed by atoms with Crippen LogP contribution in [0.5, 0.6) is 0 Å². The number of carbonyl (C=O) groups excluding carboxylic acids is 1. The van der Waals surface area contributed by atoms with Gasteiger partial charge in [-0.3, -0.25) is 14.4 Å². The quantitative estimate of drug-likeness (QED) is 0.713. The molecule has 6 nitrogen and oxygen atoms in total. The third-order valence-electron chi connectivity index (χ3n) is 4.75. The molecule has 0 radical (unpaired) electrons. The molecule has 0 saturated carbocycles. The van der Waals surface area contributed by atoms with Crippen LogP contribution in [0.2, 0.25) is 5.02 Å². The van der Waals surface area contributed by atoms with Crippen LogP contribution >= 0.6 is 11.6 Å². The Morgan fingerprint density at radius 3 is 2.48 bits per heavy atom. The highest BCUT2D eigenvalue weighted by atomic mass is 35.5. The fourth-order valence-electron chi connectivity index (χ4n) is 3.33. The van der Waals surface area contributed by atoms with Crippen molar-refractivity contribution in [3.05, 3.63) is 59.1 Å². The van der Waals surface area contributed by atoms with E-state index in [0.29, 0.717) is 18.0 Å². The second-order valence-corrected chi connectivity index (χ2v) is 9.30. The Balaban J connectivity index is 1.72. The summed E-state index contributed by atoms with van der Waals surface area (Å²) in [6, 6.07) is 11.8. The van der Waals surface area contributed by atoms with Gasteiger partial charge in [0.2, 0.25) is 0 Å². The van der Waals surface area contributed by atoms with Crippen LogP contribution in [-0.2, 0) is 10.0 Å². The first-order chi connectivity index (χ1) is 14.5. The summed E-state index contributed by atoms with van der Waals surface area (Å²) < 4.78 is 65.7. The summed E-state index contributed by atoms with van der Waals surface area (Å²) in [7, 11) is -3.97. The summed E-state index contributed by atoms with van der Waals surface area (Å²) in [4.78, 5) is 15.5. The molecule has 0 aliphatic carbocycles. The first-order valence-corrected chi connectivity index (χ1v) is 11.4. The van der Waals surface area contributed by atoms with Gasteiger partial charge < -0.3 is 4.90 Å². The van der Waals surface area contributed by atoms with Crippen LogP contribution in [0.25, 0.3) is 0 Å². The van der Waals surface area contributed by atoms with Gasteiger partial charge in [-0.1, -0.05) is 23.7 Å². The lowest BCUT2D eigenvalue weighted by atomic mass is 10.2. The molecule has 0 spiro atoms. The van der Waals surface area contributed by atoms with Gasteiger partial charge in [0.25, 0.3) is 15.9 Å². The third-order valence-corrected chi connectivity index (χ3v) is 6.36. The van der Waals surface area contributed by atoms with Gasteiger partial charge in [0.1, 0.15) is 0 Å². The normalized spacial score (nSPS) is 16.1. The van der Waals surface area contributed by atoms with Crippen molar-refractivity contribution in [2.45, 2.75) is 17.5 Å². The van der Waals surface area contributed by atoms with Crippen LogP contribution in [0.15, 0.2) is 53.4 Å². The molecule has 2 aromatic carbocycles. The van der Waals surface area contributed by atoms with Crippen LogP contribution in [0.3, 0.4) is 0 Å². The first kappa shape index (κ1) is 23.4. The van der Waals surface area contributed by atoms with Crippen LogP contribution in [0.4, 0.5) is 18.9 Å². The van der Waals surface area contributed by atoms with Crippen LogP contribution in [0, 0.1) is 0 Å². The zero-order chi connectivity index (χ0) is 22.6. The molecule has 3 rings (SSSR count). The molecule has 1 heterocycles. The standard InChI is InChI=1S/C20H21ClF3N3O3S/c21-16-5-2-6-17(13-16)25-31(29,30)18-7-1-4-15(12-18)19(28)27-9-3-8-26(10-11-27)14-20(22,23)24/h1-2,4-7,12-13,25H,3,8-11,14H2. The lowest BCUT2D eigenvalue weighted by Crippen LogP contribution is -2.38. The van der Waals surface area contributed by atoms with Crippen molar-refractivity contribution in [1.82, 2.24) is 9.80 Å². The van der Waals surface area contributed by atoms with E-state index in [2.05, 4.69) is 4.72 Å². The Morgan fingerprint density at radius 2 is 1.77 bits per heavy atom. The monoisotopic (exact) mass is 475 g/mol. The molecule has 1 N–H and O–H groups in total. The van der Waals surface area contributed by atoms with Crippen LogP contribution in [-0.4, -0.2) is 63.0 Å². The molecule has 1 fully saturated rings. The SMILES string of the molecule is O=C(c1cccc(S(=O)(=O)Nc2cccc(Cl)c2)c1)N1CCCN(CC(F)(F)F)CC1. The van der Waals surface area contributed by atoms with Gasteiger partial charge in [-0.15, -0.1) is 0 Å². The first-order valence-electron chi connectivity index (χ1n) is 9.50. The lowest BCUT2D eigenvalue weighted by molar-refractivity contribution is -0.145. The van der Waals surface area contributed by atoms with Gasteiger partial charge in [-0.05, 0) is 42.8 Å². The Kier molecular flexibility index (Phi) is 7.13. The summed E-state index contributed by atoms with van der Waals surface area (Å²) in [5.74, 6) is -0.423. The third kappa shape index (κ3) is 6.59. The molecule has 1 aliphatic heterocycles. The Hall–Kier alpha value is -2.30. The summed E-state index contributed by atoms with van der Waals surface area (Å²) in [5, 5.41) is 0.366. The van der Waals surface area contributed by atoms with Crippen LogP contribution in [0.1, 0.15) is 16.8 Å². The van der Waals surface area contributed by atoms with E-state index in [0.717, 1.165) is 0 Å². The fraction of sp³-hybridized carbons (Fsp3) is 0.350. The zero-order valence-electron chi connectivity index (χ0n) is 16.4. The highest BCUT2D eigenvalue weighted by Gasteiger charge is 2.32. The number of nitrogens with zero attached hydrogens (tertiary/aromatic N) is 2. The number of amides is 1. The molecule has 1 amide bonds. The Bertz CT molecular complexity index is 1050. The second-order valence-electron chi connectivity index (χ2n) is 7.18. The highest BCUT2D eigenvalue weighted by molar-refractivity contribution is 7.92. The predicted molar refractivity (Wildman–Crippen MR) is 112 cm³/mol. The average molecular weight is 476 g/mol. The number of anilines is 1. The molecular weight excluding hydrogens is 455 g/mol. The van der Waals surface area contributed by atoms with Gasteiger partial charge in [-0.2, -0.15) is 13.2 Å². The topological polar surface area (TPSA) is 69.7 Å². The van der Waals surface area contributed by atoms with Crippen molar-refractivity contribution in [3.63, 3.8) is 0 Å². The largest absolute Gasteiger partial charge is 0.401 e. The van der Waals surface area contributed by atoms with Crippen molar-refractivity contribution in [3.8, 4) is 0 Å². The van der Waals surface area contributed by atoms with E-state index in [1.165, 1.54) is 40.1 Å². The molecule has 1 aliphatic rings. The minimum atomic E-state index is -4.29. The fourth-order valence-corrected chi connectivity index (χ4v) is 4.62. The minimum Gasteiger partial charge on any atom is -0.337 e. The number of sulfonamides is 1. The van der Waals surface area contributed by atoms with Gasteiger partial charge in [0.15, 0.2) is 0 Å². The number of rotatable bonds is 5. The van der Waals surface area contributed by atoms with E-state index >= 15 is 0 Å². The van der Waals surface area contributed by atoms with E-state index in [1.54, 1.807) is 18.2 Å². The number of hydrogen-bond donors (Lipinski definition) is 1. The van der Waals surface area contributed by atoms with Crippen LogP contribution < -0.4 is 4.72 Å². The molecule has 31 heavy (non-hydrogen) atoms. The smallest absolute Gasteiger partial charge is 0.337 e. The van der Waals surface area contributed by atoms with E-state index in [1.807, 2.05) is 0 Å². The molecular formula is C20H21ClF3N3O3S. The molecule has 0 atom stereocenters. The summed E-state index contributed by atoms with van der Waals surface area (Å²) in [6.07, 6.45) is -3.89. The number of hydrogen-bond acceptors (Lipinski definition) is 4. The van der Waals surface area contributed by atoms with Crippen molar-refractivity contribution < 1.29 is 26.4 Å². The molecule has 11 heteroatoms. The van der Waals surface area contributed by atoms with Gasteiger partial charge >= 0.3 is 6.18 Å². The van der Waals surface area contributed by atoms with Gasteiger partial charge in [-0.25, -0.2) is 8.42 Å². The number of benzene rings is 2. The van der Waals surface area contributed by atoms with E-state index in [9.17, 15) is 26.4 Å². The molecule has 0 aromatic heterocycles. The summed E-state index contributed by atoms with van der Waals surface area (Å²) in [5.41, 5.74) is 0.430. The van der Waals surface area contributed by atoms with Crippen molar-refractivity contribution in [2.75, 3.05) is 37.4 Å². The second kappa shape index (κ2) is 9.46. The number of nitrogens with one attached hydrogen (secondary N) is 1. The Labute approximate surface area is 183 Å². The van der Waals surface area contributed by atoms with Gasteiger partial charge in [0, 0.05) is 36.8 Å². The number of alkyl halides is 3. The summed E-state index contributed by atoms with van der Waals surface area (Å²) >= 11 is 5.88. The summed E-state index contributed by atoms with van der Waals surface area (Å²) in [6.45, 7) is -0.254. The predicted octanol–water partition coefficient (Wildman–Crippen LogP) is 3.85. The Morgan fingerprint density at radius 1 is 1.03 bits per heavy atom. The molecule has 0 unspecified atom stereocenters. The maximum Gasteiger partial charge on any atom is 0.401 e. The minimum absolute atomic E-state index is 0.0968. The van der Waals surface area contributed by atoms with Gasteiger partial charge in [0.05, 0.1) is 17.1 Å². The maximum atomic E-state index is 12.9.